The van der Waals surface area contributed by atoms with Gasteiger partial charge in [-0.05, 0) is 13.0 Å². The number of nitrogens with two attached hydrogens (primary N) is 1. The molecule has 1 aromatic heterocycles. The van der Waals surface area contributed by atoms with Gasteiger partial charge in [-0.15, -0.1) is 10.2 Å². The number of aromatic nitrogens is 3. The van der Waals surface area contributed by atoms with Gasteiger partial charge in [0.1, 0.15) is 17.9 Å². The van der Waals surface area contributed by atoms with Crippen LogP contribution in [-0.4, -0.2) is 27.9 Å². The van der Waals surface area contributed by atoms with Gasteiger partial charge in [-0.2, -0.15) is 0 Å². The minimum atomic E-state index is 0.627. The smallest absolute Gasteiger partial charge is 0.134 e. The molecule has 0 amide bonds. The van der Waals surface area contributed by atoms with Crippen LogP contribution in [0.5, 0.6) is 5.75 Å². The highest BCUT2D eigenvalue weighted by Crippen LogP contribution is 2.22. The summed E-state index contributed by atoms with van der Waals surface area (Å²) in [5, 5.41) is 11.2. The minimum absolute atomic E-state index is 0.627. The summed E-state index contributed by atoms with van der Waals surface area (Å²) in [4.78, 5) is 0. The van der Waals surface area contributed by atoms with E-state index in [-0.39, 0.29) is 0 Å². The fourth-order valence-corrected chi connectivity index (χ4v) is 1.83. The molecule has 0 aliphatic carbocycles. The van der Waals surface area contributed by atoms with Gasteiger partial charge in [0.05, 0.1) is 6.61 Å². The summed E-state index contributed by atoms with van der Waals surface area (Å²) in [5.74, 6) is 1.73. The first-order valence-electron chi connectivity index (χ1n) is 6.29. The highest BCUT2D eigenvalue weighted by Gasteiger charge is 2.02. The molecule has 19 heavy (non-hydrogen) atoms. The average molecular weight is 261 g/mol. The zero-order valence-electron chi connectivity index (χ0n) is 11.3. The molecule has 0 fully saturated rings. The number of aryl methyl sites for hydroxylation is 1. The average Bonchev–Trinajstić information content (AvgIpc) is 2.75. The standard InChI is InChI=1S/C13H19N5O/c1-3-19-12-7-10(14)6-11(8-12)15-5-4-13-17-16-9-18(13)2/h6-9,15H,3-5,14H2,1-2H3. The fourth-order valence-electron chi connectivity index (χ4n) is 1.83. The zero-order valence-corrected chi connectivity index (χ0v) is 11.3. The Kier molecular flexibility index (Phi) is 4.22. The summed E-state index contributed by atoms with van der Waals surface area (Å²) in [7, 11) is 1.93. The number of hydrogen-bond acceptors (Lipinski definition) is 5. The van der Waals surface area contributed by atoms with E-state index in [1.807, 2.05) is 36.7 Å². The van der Waals surface area contributed by atoms with Crippen LogP contribution < -0.4 is 15.8 Å². The van der Waals surface area contributed by atoms with Crippen molar-refractivity contribution >= 4 is 11.4 Å². The second-order valence-electron chi connectivity index (χ2n) is 4.26. The van der Waals surface area contributed by atoms with Crippen molar-refractivity contribution in [2.24, 2.45) is 7.05 Å². The van der Waals surface area contributed by atoms with Crippen LogP contribution in [0.4, 0.5) is 11.4 Å². The molecule has 1 heterocycles. The first-order valence-corrected chi connectivity index (χ1v) is 6.29. The molecule has 2 aromatic rings. The van der Waals surface area contributed by atoms with E-state index >= 15 is 0 Å². The van der Waals surface area contributed by atoms with Crippen molar-refractivity contribution in [1.29, 1.82) is 0 Å². The van der Waals surface area contributed by atoms with Gasteiger partial charge < -0.3 is 20.4 Å². The third-order valence-corrected chi connectivity index (χ3v) is 2.72. The van der Waals surface area contributed by atoms with Crippen LogP contribution in [0.25, 0.3) is 0 Å². The molecular formula is C13H19N5O. The topological polar surface area (TPSA) is 78.0 Å². The second kappa shape index (κ2) is 6.08. The van der Waals surface area contributed by atoms with Crippen molar-refractivity contribution in [2.75, 3.05) is 24.2 Å². The highest BCUT2D eigenvalue weighted by molar-refractivity contribution is 5.59. The van der Waals surface area contributed by atoms with Crippen molar-refractivity contribution in [3.8, 4) is 5.75 Å². The molecule has 0 radical (unpaired) electrons. The number of nitrogen functional groups attached to an aromatic ring is 1. The predicted octanol–water partition coefficient (Wildman–Crippen LogP) is 1.45. The summed E-state index contributed by atoms with van der Waals surface area (Å²) < 4.78 is 7.36. The lowest BCUT2D eigenvalue weighted by Gasteiger charge is -2.10. The van der Waals surface area contributed by atoms with Crippen LogP contribution in [0, 0.1) is 0 Å². The third-order valence-electron chi connectivity index (χ3n) is 2.72. The molecule has 6 heteroatoms. The maximum absolute atomic E-state index is 5.83. The Morgan fingerprint density at radius 3 is 2.89 bits per heavy atom. The Morgan fingerprint density at radius 2 is 2.21 bits per heavy atom. The van der Waals surface area contributed by atoms with E-state index in [4.69, 9.17) is 10.5 Å². The summed E-state index contributed by atoms with van der Waals surface area (Å²) >= 11 is 0. The lowest BCUT2D eigenvalue weighted by atomic mass is 10.2. The van der Waals surface area contributed by atoms with Gasteiger partial charge in [-0.1, -0.05) is 0 Å². The van der Waals surface area contributed by atoms with Gasteiger partial charge in [-0.3, -0.25) is 0 Å². The maximum Gasteiger partial charge on any atom is 0.134 e. The highest BCUT2D eigenvalue weighted by atomic mass is 16.5. The molecule has 0 atom stereocenters. The third kappa shape index (κ3) is 3.61. The lowest BCUT2D eigenvalue weighted by molar-refractivity contribution is 0.340. The first-order chi connectivity index (χ1) is 9.19. The molecule has 0 aliphatic rings. The van der Waals surface area contributed by atoms with Crippen LogP contribution >= 0.6 is 0 Å². The molecule has 2 rings (SSSR count). The Labute approximate surface area is 112 Å². The van der Waals surface area contributed by atoms with Crippen LogP contribution in [0.1, 0.15) is 12.7 Å². The van der Waals surface area contributed by atoms with Gasteiger partial charge in [0, 0.05) is 43.5 Å². The summed E-state index contributed by atoms with van der Waals surface area (Å²) in [6.07, 6.45) is 2.50. The molecule has 0 bridgehead atoms. The van der Waals surface area contributed by atoms with E-state index in [1.165, 1.54) is 0 Å². The van der Waals surface area contributed by atoms with Crippen LogP contribution in [0.2, 0.25) is 0 Å². The molecule has 0 spiro atoms. The van der Waals surface area contributed by atoms with Crippen LogP contribution in [0.15, 0.2) is 24.5 Å². The number of benzene rings is 1. The quantitative estimate of drug-likeness (QED) is 0.769. The molecule has 0 aliphatic heterocycles. The zero-order chi connectivity index (χ0) is 13.7. The van der Waals surface area contributed by atoms with E-state index in [1.54, 1.807) is 6.33 Å². The van der Waals surface area contributed by atoms with Crippen LogP contribution in [-0.2, 0) is 13.5 Å². The number of anilines is 2. The second-order valence-corrected chi connectivity index (χ2v) is 4.26. The molecule has 0 unspecified atom stereocenters. The Bertz CT molecular complexity index is 538. The number of rotatable bonds is 6. The van der Waals surface area contributed by atoms with Crippen molar-refractivity contribution in [3.05, 3.63) is 30.4 Å². The normalized spacial score (nSPS) is 10.4. The van der Waals surface area contributed by atoms with E-state index in [2.05, 4.69) is 15.5 Å². The molecule has 102 valence electrons. The Balaban J connectivity index is 1.94. The maximum atomic E-state index is 5.83. The molecule has 0 saturated carbocycles. The van der Waals surface area contributed by atoms with Gasteiger partial charge >= 0.3 is 0 Å². The summed E-state index contributed by atoms with van der Waals surface area (Å²) in [5.41, 5.74) is 7.47. The van der Waals surface area contributed by atoms with Crippen molar-refractivity contribution < 1.29 is 4.74 Å². The first kappa shape index (κ1) is 13.2. The molecule has 6 nitrogen and oxygen atoms in total. The summed E-state index contributed by atoms with van der Waals surface area (Å²) in [6.45, 7) is 3.34. The van der Waals surface area contributed by atoms with Crippen LogP contribution in [0.3, 0.4) is 0 Å². The van der Waals surface area contributed by atoms with Crippen molar-refractivity contribution in [3.63, 3.8) is 0 Å². The number of ether oxygens (including phenoxy) is 1. The van der Waals surface area contributed by atoms with Gasteiger partial charge in [0.15, 0.2) is 0 Å². The molecule has 1 aromatic carbocycles. The summed E-state index contributed by atoms with van der Waals surface area (Å²) in [6, 6.07) is 5.65. The van der Waals surface area contributed by atoms with E-state index in [0.717, 1.165) is 30.2 Å². The Hall–Kier alpha value is -2.24. The van der Waals surface area contributed by atoms with E-state index in [9.17, 15) is 0 Å². The largest absolute Gasteiger partial charge is 0.494 e. The fraction of sp³-hybridized carbons (Fsp3) is 0.385. The van der Waals surface area contributed by atoms with Gasteiger partial charge in [0.25, 0.3) is 0 Å². The van der Waals surface area contributed by atoms with Gasteiger partial charge in [0.2, 0.25) is 0 Å². The molecule has 0 saturated heterocycles. The number of nitrogens with zero attached hydrogens (tertiary/aromatic N) is 3. The van der Waals surface area contributed by atoms with E-state index < -0.39 is 0 Å². The number of hydrogen-bond donors (Lipinski definition) is 2. The SMILES string of the molecule is CCOc1cc(N)cc(NCCc2nncn2C)c1. The van der Waals surface area contributed by atoms with Gasteiger partial charge in [-0.25, -0.2) is 0 Å². The Morgan fingerprint density at radius 1 is 1.37 bits per heavy atom. The van der Waals surface area contributed by atoms with E-state index in [0.29, 0.717) is 12.3 Å². The number of nitrogens with one attached hydrogen (secondary N) is 1. The predicted molar refractivity (Wildman–Crippen MR) is 75.2 cm³/mol. The minimum Gasteiger partial charge on any atom is -0.494 e. The molecule has 3 N–H and O–H groups in total. The monoisotopic (exact) mass is 261 g/mol. The lowest BCUT2D eigenvalue weighted by Crippen LogP contribution is -2.09. The van der Waals surface area contributed by atoms with Crippen molar-refractivity contribution in [1.82, 2.24) is 14.8 Å². The van der Waals surface area contributed by atoms with Crippen molar-refractivity contribution in [2.45, 2.75) is 13.3 Å². The molecular weight excluding hydrogens is 242 g/mol.